The van der Waals surface area contributed by atoms with E-state index in [-0.39, 0.29) is 11.6 Å². The molecule has 2 aromatic rings. The lowest BCUT2D eigenvalue weighted by Crippen LogP contribution is -2.49. The number of ether oxygens (including phenoxy) is 1. The summed E-state index contributed by atoms with van der Waals surface area (Å²) in [7, 11) is 1.48. The van der Waals surface area contributed by atoms with Crippen LogP contribution in [0.3, 0.4) is 0 Å². The third-order valence-corrected chi connectivity index (χ3v) is 10.4. The van der Waals surface area contributed by atoms with Gasteiger partial charge >= 0.3 is 0 Å². The zero-order valence-electron chi connectivity index (χ0n) is 18.5. The minimum absolute atomic E-state index is 0.0858. The number of nitrogens with zero attached hydrogens (tertiary/aromatic N) is 5. The highest BCUT2D eigenvalue weighted by molar-refractivity contribution is 6.74. The van der Waals surface area contributed by atoms with Crippen molar-refractivity contribution in [2.24, 2.45) is 0 Å². The Hall–Kier alpha value is -1.62. The number of aryl methyl sites for hydroxylation is 1. The predicted octanol–water partition coefficient (Wildman–Crippen LogP) is 2.82. The Morgan fingerprint density at radius 1 is 1.31 bits per heavy atom. The average Bonchev–Trinajstić information content (AvgIpc) is 3.14. The Kier molecular flexibility index (Phi) is 5.76. The van der Waals surface area contributed by atoms with E-state index in [2.05, 4.69) is 48.8 Å². The summed E-state index contributed by atoms with van der Waals surface area (Å²) in [5, 5.41) is 9.74. The van der Waals surface area contributed by atoms with Gasteiger partial charge in [-0.3, -0.25) is 4.57 Å². The van der Waals surface area contributed by atoms with E-state index in [0.717, 1.165) is 0 Å². The van der Waals surface area contributed by atoms with E-state index in [1.54, 1.807) is 11.5 Å². The van der Waals surface area contributed by atoms with Gasteiger partial charge in [0.15, 0.2) is 37.7 Å². The molecule has 1 aliphatic heterocycles. The topological polar surface area (TPSA) is 85.5 Å². The fourth-order valence-electron chi connectivity index (χ4n) is 3.23. The second kappa shape index (κ2) is 7.57. The van der Waals surface area contributed by atoms with Crippen molar-refractivity contribution in [1.29, 1.82) is 0 Å². The van der Waals surface area contributed by atoms with Gasteiger partial charge in [-0.2, -0.15) is 0 Å². The van der Waals surface area contributed by atoms with Crippen LogP contribution < -0.4 is 4.90 Å². The van der Waals surface area contributed by atoms with Crippen molar-refractivity contribution in [3.05, 3.63) is 12.2 Å². The maximum absolute atomic E-state index is 15.6. The molecule has 0 spiro atoms. The van der Waals surface area contributed by atoms with Crippen molar-refractivity contribution in [3.63, 3.8) is 0 Å². The summed E-state index contributed by atoms with van der Waals surface area (Å²) in [6, 6.07) is 0. The van der Waals surface area contributed by atoms with Crippen LogP contribution in [0.5, 0.6) is 0 Å². The Labute approximate surface area is 172 Å². The molecule has 3 rings (SSSR count). The van der Waals surface area contributed by atoms with Gasteiger partial charge < -0.3 is 19.2 Å². The second-order valence-electron chi connectivity index (χ2n) is 9.35. The molecule has 1 unspecified atom stereocenters. The van der Waals surface area contributed by atoms with Gasteiger partial charge in [-0.15, -0.1) is 0 Å². The molecule has 4 atom stereocenters. The summed E-state index contributed by atoms with van der Waals surface area (Å²) < 4.78 is 29.4. The SMILES string of the molecule is Cc1nc(N(C)C)c2ncn([C@@H]3O[C@H](CO)C(O[Si](C)(C)C(C)(C)C)[C@H]3F)c2n1. The molecule has 29 heavy (non-hydrogen) atoms. The monoisotopic (exact) mass is 425 g/mol. The summed E-state index contributed by atoms with van der Waals surface area (Å²) in [6.45, 7) is 11.9. The quantitative estimate of drug-likeness (QED) is 0.737. The molecule has 0 amide bonds. The molecule has 1 saturated heterocycles. The molecular weight excluding hydrogens is 393 g/mol. The Morgan fingerprint density at radius 2 is 1.97 bits per heavy atom. The van der Waals surface area contributed by atoms with Gasteiger partial charge in [0.25, 0.3) is 0 Å². The number of aromatic nitrogens is 4. The lowest BCUT2D eigenvalue weighted by molar-refractivity contribution is -0.0445. The molecule has 1 aliphatic rings. The van der Waals surface area contributed by atoms with E-state index < -0.39 is 32.9 Å². The van der Waals surface area contributed by atoms with Crippen molar-refractivity contribution in [2.75, 3.05) is 25.6 Å². The number of rotatable bonds is 5. The van der Waals surface area contributed by atoms with E-state index in [9.17, 15) is 5.11 Å². The largest absolute Gasteiger partial charge is 0.408 e. The smallest absolute Gasteiger partial charge is 0.192 e. The van der Waals surface area contributed by atoms with Crippen molar-refractivity contribution in [1.82, 2.24) is 19.5 Å². The summed E-state index contributed by atoms with van der Waals surface area (Å²) >= 11 is 0. The number of anilines is 1. The van der Waals surface area contributed by atoms with Crippen molar-refractivity contribution in [2.45, 2.75) is 70.4 Å². The molecule has 0 saturated carbocycles. The maximum atomic E-state index is 15.6. The van der Waals surface area contributed by atoms with Gasteiger partial charge in [-0.1, -0.05) is 20.8 Å². The molecule has 0 aliphatic carbocycles. The Balaban J connectivity index is 1.99. The third kappa shape index (κ3) is 3.90. The second-order valence-corrected chi connectivity index (χ2v) is 14.1. The molecule has 162 valence electrons. The van der Waals surface area contributed by atoms with Crippen LogP contribution in [0.4, 0.5) is 10.2 Å². The highest BCUT2D eigenvalue weighted by atomic mass is 28.4. The number of aliphatic hydroxyl groups excluding tert-OH is 1. The number of fused-ring (bicyclic) bond motifs is 1. The van der Waals surface area contributed by atoms with Crippen LogP contribution in [0.25, 0.3) is 11.2 Å². The fraction of sp³-hybridized carbons (Fsp3) is 0.737. The summed E-state index contributed by atoms with van der Waals surface area (Å²) in [4.78, 5) is 15.1. The van der Waals surface area contributed by atoms with Gasteiger partial charge in [0.2, 0.25) is 0 Å². The van der Waals surface area contributed by atoms with E-state index in [1.165, 1.54) is 6.33 Å². The predicted molar refractivity (Wildman–Crippen MR) is 112 cm³/mol. The van der Waals surface area contributed by atoms with E-state index >= 15 is 4.39 Å². The summed E-state index contributed by atoms with van der Waals surface area (Å²) in [6.07, 6.45) is -2.52. The molecule has 0 aromatic carbocycles. The van der Waals surface area contributed by atoms with Crippen LogP contribution in [-0.2, 0) is 9.16 Å². The molecule has 10 heteroatoms. The molecule has 0 bridgehead atoms. The van der Waals surface area contributed by atoms with Gasteiger partial charge in [0.05, 0.1) is 12.9 Å². The highest BCUT2D eigenvalue weighted by Gasteiger charge is 2.51. The first-order valence-electron chi connectivity index (χ1n) is 9.84. The van der Waals surface area contributed by atoms with Crippen molar-refractivity contribution < 1.29 is 18.7 Å². The third-order valence-electron chi connectivity index (χ3n) is 5.90. The van der Waals surface area contributed by atoms with Crippen LogP contribution in [0.15, 0.2) is 6.33 Å². The maximum Gasteiger partial charge on any atom is 0.192 e. The van der Waals surface area contributed by atoms with Crippen LogP contribution in [0, 0.1) is 6.92 Å². The van der Waals surface area contributed by atoms with E-state index in [4.69, 9.17) is 9.16 Å². The molecule has 2 aromatic heterocycles. The number of alkyl halides is 1. The van der Waals surface area contributed by atoms with Crippen molar-refractivity contribution >= 4 is 25.3 Å². The normalized spacial score (nSPS) is 25.7. The molecule has 0 radical (unpaired) electrons. The minimum Gasteiger partial charge on any atom is -0.408 e. The van der Waals surface area contributed by atoms with Gasteiger partial charge in [0, 0.05) is 14.1 Å². The zero-order chi connectivity index (χ0) is 21.7. The lowest BCUT2D eigenvalue weighted by atomic mass is 10.1. The van der Waals surface area contributed by atoms with Gasteiger partial charge in [-0.25, -0.2) is 19.3 Å². The first-order chi connectivity index (χ1) is 13.4. The summed E-state index contributed by atoms with van der Waals surface area (Å²) in [5.74, 6) is 1.22. The van der Waals surface area contributed by atoms with E-state index in [0.29, 0.717) is 22.8 Å². The molecule has 8 nitrogen and oxygen atoms in total. The van der Waals surface area contributed by atoms with E-state index in [1.807, 2.05) is 19.0 Å². The minimum atomic E-state index is -2.26. The molecular formula is C19H32FN5O3Si. The first-order valence-corrected chi connectivity index (χ1v) is 12.7. The van der Waals surface area contributed by atoms with Crippen LogP contribution in [-0.4, -0.2) is 72.0 Å². The molecule has 1 N–H and O–H groups in total. The number of hydrogen-bond donors (Lipinski definition) is 1. The van der Waals surface area contributed by atoms with Gasteiger partial charge in [0.1, 0.15) is 18.0 Å². The standard InChI is InChI=1S/C19H32FN5O3Si/c1-11-22-16(24(5)6)14-17(23-11)25(10-21-14)18-13(20)15(12(9-26)27-18)28-29(7,8)19(2,3)4/h10,12-13,15,18,26H,9H2,1-8H3/t12-,13-,15?,18-/m1/s1. The Morgan fingerprint density at radius 3 is 2.52 bits per heavy atom. The number of aliphatic hydroxyl groups is 1. The fourth-order valence-corrected chi connectivity index (χ4v) is 4.54. The van der Waals surface area contributed by atoms with Crippen LogP contribution in [0.1, 0.15) is 32.8 Å². The number of hydrogen-bond acceptors (Lipinski definition) is 7. The number of imidazole rings is 1. The van der Waals surface area contributed by atoms with Gasteiger partial charge in [-0.05, 0) is 25.1 Å². The summed E-state index contributed by atoms with van der Waals surface area (Å²) in [5.41, 5.74) is 1.07. The van der Waals surface area contributed by atoms with Crippen LogP contribution >= 0.6 is 0 Å². The average molecular weight is 426 g/mol. The first kappa shape index (κ1) is 22.1. The number of halogens is 1. The highest BCUT2D eigenvalue weighted by Crippen LogP contribution is 2.42. The molecule has 3 heterocycles. The van der Waals surface area contributed by atoms with Crippen molar-refractivity contribution in [3.8, 4) is 0 Å². The lowest BCUT2D eigenvalue weighted by Gasteiger charge is -2.39. The zero-order valence-corrected chi connectivity index (χ0v) is 19.5. The Bertz CT molecular complexity index is 883. The molecule has 1 fully saturated rings. The van der Waals surface area contributed by atoms with Crippen LogP contribution in [0.2, 0.25) is 18.1 Å².